The third-order valence-electron chi connectivity index (χ3n) is 5.14. The maximum atomic E-state index is 12.2. The number of nitrogens with zero attached hydrogens (tertiary/aromatic N) is 2. The van der Waals surface area contributed by atoms with Crippen molar-refractivity contribution in [3.8, 4) is 0 Å². The van der Waals surface area contributed by atoms with E-state index in [-0.39, 0.29) is 5.78 Å². The lowest BCUT2D eigenvalue weighted by molar-refractivity contribution is 0.0772. The predicted molar refractivity (Wildman–Crippen MR) is 90.3 cm³/mol. The monoisotopic (exact) mass is 300 g/mol. The van der Waals surface area contributed by atoms with Gasteiger partial charge < -0.3 is 4.90 Å². The van der Waals surface area contributed by atoms with Gasteiger partial charge >= 0.3 is 0 Å². The molecule has 0 unspecified atom stereocenters. The average Bonchev–Trinajstić information content (AvgIpc) is 2.61. The van der Waals surface area contributed by atoms with Gasteiger partial charge in [-0.1, -0.05) is 36.8 Å². The number of piperidine rings is 2. The number of rotatable bonds is 5. The van der Waals surface area contributed by atoms with Gasteiger partial charge in [0, 0.05) is 31.1 Å². The Morgan fingerprint density at radius 1 is 1.00 bits per heavy atom. The number of Topliss-reactive ketones (excluding diaryl/α,β-unsaturated/α-hetero) is 1. The van der Waals surface area contributed by atoms with Gasteiger partial charge in [0.2, 0.25) is 0 Å². The molecule has 0 N–H and O–H groups in total. The summed E-state index contributed by atoms with van der Waals surface area (Å²) in [6, 6.07) is 10.4. The molecule has 2 saturated heterocycles. The fraction of sp³-hybridized carbons (Fsp3) is 0.632. The van der Waals surface area contributed by atoms with Crippen molar-refractivity contribution in [1.82, 2.24) is 9.80 Å². The summed E-state index contributed by atoms with van der Waals surface area (Å²) in [5.41, 5.74) is 0.854. The number of hydrogen-bond acceptors (Lipinski definition) is 3. The number of benzene rings is 1. The van der Waals surface area contributed by atoms with Crippen molar-refractivity contribution < 1.29 is 4.79 Å². The van der Waals surface area contributed by atoms with Crippen LogP contribution in [0.15, 0.2) is 30.3 Å². The number of carbonyl (C=O) groups excluding carboxylic acids is 1. The molecule has 0 bridgehead atoms. The zero-order chi connectivity index (χ0) is 15.2. The van der Waals surface area contributed by atoms with Crippen LogP contribution in [-0.2, 0) is 0 Å². The van der Waals surface area contributed by atoms with Gasteiger partial charge in [0.15, 0.2) is 5.78 Å². The van der Waals surface area contributed by atoms with Gasteiger partial charge in [-0.15, -0.1) is 0 Å². The Labute approximate surface area is 134 Å². The molecular formula is C19H28N2O. The van der Waals surface area contributed by atoms with Gasteiger partial charge in [-0.3, -0.25) is 9.69 Å². The summed E-state index contributed by atoms with van der Waals surface area (Å²) in [4.78, 5) is 17.4. The van der Waals surface area contributed by atoms with E-state index >= 15 is 0 Å². The van der Waals surface area contributed by atoms with E-state index in [0.717, 1.165) is 31.2 Å². The molecule has 22 heavy (non-hydrogen) atoms. The zero-order valence-corrected chi connectivity index (χ0v) is 13.5. The van der Waals surface area contributed by atoms with Crippen LogP contribution in [0.5, 0.6) is 0 Å². The fourth-order valence-electron chi connectivity index (χ4n) is 3.84. The summed E-state index contributed by atoms with van der Waals surface area (Å²) in [5.74, 6) is 0.278. The second kappa shape index (κ2) is 7.89. The molecule has 3 nitrogen and oxygen atoms in total. The van der Waals surface area contributed by atoms with E-state index in [0.29, 0.717) is 6.42 Å². The molecule has 0 aliphatic carbocycles. The highest BCUT2D eigenvalue weighted by Gasteiger charge is 2.26. The first-order chi connectivity index (χ1) is 10.8. The molecule has 1 aromatic rings. The van der Waals surface area contributed by atoms with Crippen LogP contribution in [0.25, 0.3) is 0 Å². The lowest BCUT2D eigenvalue weighted by atomic mass is 10.00. The van der Waals surface area contributed by atoms with Gasteiger partial charge in [0.1, 0.15) is 0 Å². The van der Waals surface area contributed by atoms with Crippen molar-refractivity contribution in [2.45, 2.75) is 44.6 Å². The molecule has 120 valence electrons. The van der Waals surface area contributed by atoms with E-state index in [9.17, 15) is 4.79 Å². The lowest BCUT2D eigenvalue weighted by Crippen LogP contribution is -2.49. The SMILES string of the molecule is O=C(CCN1CCC[C@@H](N2CCCCC2)C1)c1ccccc1. The minimum absolute atomic E-state index is 0.278. The Balaban J connectivity index is 1.47. The molecule has 0 spiro atoms. The van der Waals surface area contributed by atoms with Crippen molar-refractivity contribution in [3.05, 3.63) is 35.9 Å². The molecule has 2 aliphatic rings. The maximum absolute atomic E-state index is 12.2. The number of ketones is 1. The molecule has 0 radical (unpaired) electrons. The average molecular weight is 300 g/mol. The number of hydrogen-bond donors (Lipinski definition) is 0. The summed E-state index contributed by atoms with van der Waals surface area (Å²) >= 11 is 0. The Hall–Kier alpha value is -1.19. The van der Waals surface area contributed by atoms with Crippen LogP contribution in [0.4, 0.5) is 0 Å². The minimum Gasteiger partial charge on any atom is -0.301 e. The minimum atomic E-state index is 0.278. The molecule has 3 heteroatoms. The number of likely N-dealkylation sites (tertiary alicyclic amines) is 2. The Morgan fingerprint density at radius 3 is 2.55 bits per heavy atom. The molecule has 1 aromatic carbocycles. The van der Waals surface area contributed by atoms with Gasteiger partial charge in [-0.25, -0.2) is 0 Å². The summed E-state index contributed by atoms with van der Waals surface area (Å²) in [7, 11) is 0. The second-order valence-corrected chi connectivity index (χ2v) is 6.73. The van der Waals surface area contributed by atoms with E-state index in [1.165, 1.54) is 45.2 Å². The van der Waals surface area contributed by atoms with Crippen LogP contribution in [0, 0.1) is 0 Å². The molecule has 1 atom stereocenters. The van der Waals surface area contributed by atoms with Crippen molar-refractivity contribution in [3.63, 3.8) is 0 Å². The highest BCUT2D eigenvalue weighted by atomic mass is 16.1. The summed E-state index contributed by atoms with van der Waals surface area (Å²) < 4.78 is 0. The molecule has 2 fully saturated rings. The van der Waals surface area contributed by atoms with E-state index in [4.69, 9.17) is 0 Å². The van der Waals surface area contributed by atoms with Crippen LogP contribution >= 0.6 is 0 Å². The summed E-state index contributed by atoms with van der Waals surface area (Å²) in [5, 5.41) is 0. The van der Waals surface area contributed by atoms with E-state index in [1.807, 2.05) is 30.3 Å². The first-order valence-electron chi connectivity index (χ1n) is 8.87. The predicted octanol–water partition coefficient (Wildman–Crippen LogP) is 3.21. The van der Waals surface area contributed by atoms with Crippen LogP contribution in [-0.4, -0.2) is 54.3 Å². The second-order valence-electron chi connectivity index (χ2n) is 6.73. The van der Waals surface area contributed by atoms with Gasteiger partial charge in [0.05, 0.1) is 0 Å². The molecule has 3 rings (SSSR count). The van der Waals surface area contributed by atoms with Gasteiger partial charge in [-0.05, 0) is 45.3 Å². The van der Waals surface area contributed by atoms with Crippen LogP contribution in [0.3, 0.4) is 0 Å². The summed E-state index contributed by atoms with van der Waals surface area (Å²) in [6.07, 6.45) is 7.39. The van der Waals surface area contributed by atoms with Crippen molar-refractivity contribution in [2.24, 2.45) is 0 Å². The van der Waals surface area contributed by atoms with Crippen LogP contribution in [0.2, 0.25) is 0 Å². The standard InChI is InChI=1S/C19H28N2O/c22-19(17-8-3-1-4-9-17)11-15-20-12-7-10-18(16-20)21-13-5-2-6-14-21/h1,3-4,8-9,18H,2,5-7,10-16H2/t18-/m1/s1. The van der Waals surface area contributed by atoms with Gasteiger partial charge in [0.25, 0.3) is 0 Å². The first-order valence-corrected chi connectivity index (χ1v) is 8.87. The quantitative estimate of drug-likeness (QED) is 0.780. The molecule has 0 saturated carbocycles. The Bertz CT molecular complexity index is 468. The highest BCUT2D eigenvalue weighted by molar-refractivity contribution is 5.96. The van der Waals surface area contributed by atoms with Crippen molar-refractivity contribution >= 4 is 5.78 Å². The van der Waals surface area contributed by atoms with E-state index in [2.05, 4.69) is 9.80 Å². The molecular weight excluding hydrogens is 272 g/mol. The van der Waals surface area contributed by atoms with E-state index in [1.54, 1.807) is 0 Å². The largest absolute Gasteiger partial charge is 0.301 e. The van der Waals surface area contributed by atoms with E-state index < -0.39 is 0 Å². The van der Waals surface area contributed by atoms with Crippen LogP contribution < -0.4 is 0 Å². The first kappa shape index (κ1) is 15.7. The zero-order valence-electron chi connectivity index (χ0n) is 13.5. The summed E-state index contributed by atoms with van der Waals surface area (Å²) in [6.45, 7) is 5.79. The Kier molecular flexibility index (Phi) is 5.63. The smallest absolute Gasteiger partial charge is 0.164 e. The molecule has 2 heterocycles. The molecule has 0 amide bonds. The normalized spacial score (nSPS) is 24.3. The van der Waals surface area contributed by atoms with Gasteiger partial charge in [-0.2, -0.15) is 0 Å². The fourth-order valence-corrected chi connectivity index (χ4v) is 3.84. The maximum Gasteiger partial charge on any atom is 0.164 e. The van der Waals surface area contributed by atoms with Crippen LogP contribution in [0.1, 0.15) is 48.9 Å². The van der Waals surface area contributed by atoms with Crippen molar-refractivity contribution in [1.29, 1.82) is 0 Å². The Morgan fingerprint density at radius 2 is 1.77 bits per heavy atom. The third-order valence-corrected chi connectivity index (χ3v) is 5.14. The topological polar surface area (TPSA) is 23.6 Å². The molecule has 0 aromatic heterocycles. The lowest BCUT2D eigenvalue weighted by Gasteiger charge is -2.41. The third kappa shape index (κ3) is 4.17. The van der Waals surface area contributed by atoms with Crippen molar-refractivity contribution in [2.75, 3.05) is 32.7 Å². The number of carbonyl (C=O) groups is 1. The highest BCUT2D eigenvalue weighted by Crippen LogP contribution is 2.20. The molecule has 2 aliphatic heterocycles.